The van der Waals surface area contributed by atoms with Gasteiger partial charge in [-0.25, -0.2) is 4.79 Å². The van der Waals surface area contributed by atoms with Crippen LogP contribution in [0.1, 0.15) is 18.4 Å². The molecule has 0 aliphatic carbocycles. The zero-order valence-corrected chi connectivity index (χ0v) is 13.0. The lowest BCUT2D eigenvalue weighted by Gasteiger charge is -2.13. The van der Waals surface area contributed by atoms with E-state index in [1.807, 2.05) is 18.2 Å². The lowest BCUT2D eigenvalue weighted by molar-refractivity contribution is -0.141. The maximum Gasteiger partial charge on any atom is 0.326 e. The van der Waals surface area contributed by atoms with Gasteiger partial charge in [0.2, 0.25) is 5.91 Å². The molecule has 1 aromatic heterocycles. The number of nitrogens with one attached hydrogen (secondary N) is 2. The molecule has 0 bridgehead atoms. The fraction of sp³-hybridized carbons (Fsp3) is 0.294. The molecular weight excluding hydrogens is 296 g/mol. The second-order valence-corrected chi connectivity index (χ2v) is 5.20. The molecule has 1 unspecified atom stereocenters. The van der Waals surface area contributed by atoms with Gasteiger partial charge < -0.3 is 20.1 Å². The fourth-order valence-electron chi connectivity index (χ4n) is 2.49. The Hall–Kier alpha value is -2.76. The predicted octanol–water partition coefficient (Wildman–Crippen LogP) is 2.25. The van der Waals surface area contributed by atoms with Crippen molar-refractivity contribution in [3.63, 3.8) is 0 Å². The summed E-state index contributed by atoms with van der Waals surface area (Å²) in [5.74, 6) is -0.710. The number of carbonyl (C=O) groups excluding carboxylic acids is 1. The summed E-state index contributed by atoms with van der Waals surface area (Å²) in [6, 6.07) is 4.66. The number of aliphatic carboxylic acids is 1. The molecule has 0 saturated heterocycles. The Balaban J connectivity index is 2.14. The monoisotopic (exact) mass is 316 g/mol. The zero-order chi connectivity index (χ0) is 16.8. The number of rotatable bonds is 8. The minimum absolute atomic E-state index is 0.0816. The number of benzene rings is 1. The number of allylic oxidation sites excluding steroid dienone is 1. The molecule has 1 heterocycles. The summed E-state index contributed by atoms with van der Waals surface area (Å²) in [6.45, 7) is 3.56. The SMILES string of the molecule is C=CCCC(NC(=O)Cc1c[nH]c2cccc(OC)c12)C(=O)O. The van der Waals surface area contributed by atoms with Crippen LogP contribution in [-0.4, -0.2) is 35.1 Å². The largest absolute Gasteiger partial charge is 0.496 e. The number of hydrogen-bond acceptors (Lipinski definition) is 3. The van der Waals surface area contributed by atoms with Crippen LogP contribution >= 0.6 is 0 Å². The summed E-state index contributed by atoms with van der Waals surface area (Å²) in [7, 11) is 1.57. The van der Waals surface area contributed by atoms with E-state index in [4.69, 9.17) is 9.84 Å². The first-order chi connectivity index (χ1) is 11.1. The van der Waals surface area contributed by atoms with E-state index in [0.29, 0.717) is 18.6 Å². The number of H-pyrrole nitrogens is 1. The average molecular weight is 316 g/mol. The number of aromatic amines is 1. The standard InChI is InChI=1S/C17H20N2O4/c1-3-4-6-13(17(21)22)19-15(20)9-11-10-18-12-7-5-8-14(23-2)16(11)12/h3,5,7-8,10,13,18H,1,4,6,9H2,2H3,(H,19,20)(H,21,22). The van der Waals surface area contributed by atoms with E-state index in [0.717, 1.165) is 16.5 Å². The molecule has 1 aromatic carbocycles. The van der Waals surface area contributed by atoms with Crippen LogP contribution in [0.2, 0.25) is 0 Å². The molecule has 0 saturated carbocycles. The highest BCUT2D eigenvalue weighted by atomic mass is 16.5. The van der Waals surface area contributed by atoms with Gasteiger partial charge in [0.05, 0.1) is 13.5 Å². The lowest BCUT2D eigenvalue weighted by Crippen LogP contribution is -2.41. The third-order valence-corrected chi connectivity index (χ3v) is 3.61. The molecule has 6 heteroatoms. The van der Waals surface area contributed by atoms with Crippen LogP contribution in [-0.2, 0) is 16.0 Å². The summed E-state index contributed by atoms with van der Waals surface area (Å²) in [6.07, 6.45) is 4.30. The number of carboxylic acid groups (broad SMARTS) is 1. The van der Waals surface area contributed by atoms with Crippen molar-refractivity contribution in [1.82, 2.24) is 10.3 Å². The zero-order valence-electron chi connectivity index (χ0n) is 13.0. The topological polar surface area (TPSA) is 91.4 Å². The van der Waals surface area contributed by atoms with Crippen LogP contribution in [0.3, 0.4) is 0 Å². The van der Waals surface area contributed by atoms with E-state index in [1.54, 1.807) is 19.4 Å². The predicted molar refractivity (Wildman–Crippen MR) is 87.6 cm³/mol. The van der Waals surface area contributed by atoms with Gasteiger partial charge >= 0.3 is 5.97 Å². The number of amides is 1. The number of methoxy groups -OCH3 is 1. The lowest BCUT2D eigenvalue weighted by atomic mass is 10.1. The third-order valence-electron chi connectivity index (χ3n) is 3.61. The Morgan fingerprint density at radius 3 is 2.91 bits per heavy atom. The molecule has 0 fully saturated rings. The second-order valence-electron chi connectivity index (χ2n) is 5.20. The van der Waals surface area contributed by atoms with Crippen LogP contribution in [0, 0.1) is 0 Å². The Kier molecular flexibility index (Phi) is 5.41. The number of hydrogen-bond donors (Lipinski definition) is 3. The van der Waals surface area contributed by atoms with E-state index < -0.39 is 12.0 Å². The third kappa shape index (κ3) is 3.91. The molecule has 0 spiro atoms. The highest BCUT2D eigenvalue weighted by Gasteiger charge is 2.20. The summed E-state index contributed by atoms with van der Waals surface area (Å²) in [4.78, 5) is 26.4. The van der Waals surface area contributed by atoms with Gasteiger partial charge in [0, 0.05) is 17.1 Å². The minimum atomic E-state index is -1.04. The Morgan fingerprint density at radius 1 is 1.48 bits per heavy atom. The van der Waals surface area contributed by atoms with Gasteiger partial charge in [0.1, 0.15) is 11.8 Å². The smallest absolute Gasteiger partial charge is 0.326 e. The molecule has 23 heavy (non-hydrogen) atoms. The Bertz CT molecular complexity index is 720. The van der Waals surface area contributed by atoms with E-state index in [9.17, 15) is 9.59 Å². The van der Waals surface area contributed by atoms with Gasteiger partial charge in [-0.2, -0.15) is 0 Å². The highest BCUT2D eigenvalue weighted by Crippen LogP contribution is 2.28. The van der Waals surface area contributed by atoms with Gasteiger partial charge in [0.25, 0.3) is 0 Å². The minimum Gasteiger partial charge on any atom is -0.496 e. The normalized spacial score (nSPS) is 11.9. The molecule has 0 aliphatic rings. The number of fused-ring (bicyclic) bond motifs is 1. The van der Waals surface area contributed by atoms with E-state index in [-0.39, 0.29) is 12.3 Å². The number of ether oxygens (including phenoxy) is 1. The summed E-state index contributed by atoms with van der Waals surface area (Å²) in [5.41, 5.74) is 1.64. The van der Waals surface area contributed by atoms with Gasteiger partial charge in [-0.05, 0) is 30.5 Å². The van der Waals surface area contributed by atoms with Crippen LogP contribution in [0.25, 0.3) is 10.9 Å². The number of aromatic nitrogens is 1. The maximum atomic E-state index is 12.2. The molecular formula is C17H20N2O4. The Morgan fingerprint density at radius 2 is 2.26 bits per heavy atom. The van der Waals surface area contributed by atoms with Crippen molar-refractivity contribution in [2.75, 3.05) is 7.11 Å². The molecule has 0 radical (unpaired) electrons. The van der Waals surface area contributed by atoms with E-state index in [2.05, 4.69) is 16.9 Å². The number of carboxylic acids is 1. The molecule has 2 aromatic rings. The fourth-order valence-corrected chi connectivity index (χ4v) is 2.49. The molecule has 0 aliphatic heterocycles. The first-order valence-electron chi connectivity index (χ1n) is 7.32. The van der Waals surface area contributed by atoms with Crippen LogP contribution in [0.5, 0.6) is 5.75 Å². The van der Waals surface area contributed by atoms with Gasteiger partial charge in [-0.15, -0.1) is 6.58 Å². The average Bonchev–Trinajstić information content (AvgIpc) is 2.94. The Labute approximate surface area is 134 Å². The molecule has 1 atom stereocenters. The van der Waals surface area contributed by atoms with E-state index in [1.165, 1.54) is 0 Å². The van der Waals surface area contributed by atoms with Crippen molar-refractivity contribution in [3.05, 3.63) is 42.6 Å². The second kappa shape index (κ2) is 7.49. The summed E-state index contributed by atoms with van der Waals surface area (Å²) < 4.78 is 5.32. The van der Waals surface area contributed by atoms with Crippen molar-refractivity contribution in [2.45, 2.75) is 25.3 Å². The van der Waals surface area contributed by atoms with Crippen LogP contribution < -0.4 is 10.1 Å². The molecule has 2 rings (SSSR count). The van der Waals surface area contributed by atoms with Gasteiger partial charge in [0.15, 0.2) is 0 Å². The first-order valence-corrected chi connectivity index (χ1v) is 7.32. The quantitative estimate of drug-likeness (QED) is 0.651. The molecule has 1 amide bonds. The van der Waals surface area contributed by atoms with Gasteiger partial charge in [-0.1, -0.05) is 12.1 Å². The molecule has 122 valence electrons. The van der Waals surface area contributed by atoms with Crippen molar-refractivity contribution < 1.29 is 19.4 Å². The van der Waals surface area contributed by atoms with Crippen molar-refractivity contribution in [1.29, 1.82) is 0 Å². The number of carbonyl (C=O) groups is 2. The van der Waals surface area contributed by atoms with Gasteiger partial charge in [-0.3, -0.25) is 4.79 Å². The molecule has 6 nitrogen and oxygen atoms in total. The van der Waals surface area contributed by atoms with Crippen molar-refractivity contribution in [3.8, 4) is 5.75 Å². The summed E-state index contributed by atoms with van der Waals surface area (Å²) >= 11 is 0. The first kappa shape index (κ1) is 16.6. The van der Waals surface area contributed by atoms with Crippen molar-refractivity contribution >= 4 is 22.8 Å². The highest BCUT2D eigenvalue weighted by molar-refractivity contribution is 5.93. The molecule has 3 N–H and O–H groups in total. The van der Waals surface area contributed by atoms with Crippen LogP contribution in [0.15, 0.2) is 37.1 Å². The van der Waals surface area contributed by atoms with Crippen LogP contribution in [0.4, 0.5) is 0 Å². The summed E-state index contributed by atoms with van der Waals surface area (Å²) in [5, 5.41) is 12.5. The maximum absolute atomic E-state index is 12.2. The van der Waals surface area contributed by atoms with E-state index >= 15 is 0 Å². The van der Waals surface area contributed by atoms with Crippen molar-refractivity contribution in [2.24, 2.45) is 0 Å².